The summed E-state index contributed by atoms with van der Waals surface area (Å²) in [4.78, 5) is 30.5. The molecule has 0 saturated carbocycles. The Bertz CT molecular complexity index is 539. The lowest BCUT2D eigenvalue weighted by Gasteiger charge is -2.35. The molecule has 1 saturated heterocycles. The second kappa shape index (κ2) is 6.43. The van der Waals surface area contributed by atoms with Crippen LogP contribution >= 0.6 is 0 Å². The molecule has 1 N–H and O–H groups in total. The number of carboxylic acid groups (broad SMARTS) is 1. The summed E-state index contributed by atoms with van der Waals surface area (Å²) < 4.78 is 5.31. The smallest absolute Gasteiger partial charge is 0.341 e. The van der Waals surface area contributed by atoms with Gasteiger partial charge in [-0.1, -0.05) is 0 Å². The van der Waals surface area contributed by atoms with Crippen LogP contribution in [0.3, 0.4) is 0 Å². The number of rotatable bonds is 4. The lowest BCUT2D eigenvalue weighted by molar-refractivity contribution is -0.129. The van der Waals surface area contributed by atoms with Gasteiger partial charge in [-0.3, -0.25) is 4.79 Å². The minimum absolute atomic E-state index is 0.0583. The lowest BCUT2D eigenvalue weighted by Crippen LogP contribution is -2.48. The van der Waals surface area contributed by atoms with Crippen molar-refractivity contribution in [1.29, 1.82) is 0 Å². The fourth-order valence-electron chi connectivity index (χ4n) is 2.27. The maximum atomic E-state index is 11.3. The molecule has 2 heterocycles. The van der Waals surface area contributed by atoms with Crippen molar-refractivity contribution in [1.82, 2.24) is 9.88 Å². The van der Waals surface area contributed by atoms with Crippen LogP contribution in [0.5, 0.6) is 5.88 Å². The third kappa shape index (κ3) is 3.42. The summed E-state index contributed by atoms with van der Waals surface area (Å²) in [6.07, 6.45) is 0. The predicted octanol–water partition coefficient (Wildman–Crippen LogP) is 0.847. The highest BCUT2D eigenvalue weighted by Crippen LogP contribution is 2.22. The molecule has 114 valence electrons. The van der Waals surface area contributed by atoms with Crippen LogP contribution < -0.4 is 9.64 Å². The average Bonchev–Trinajstić information content (AvgIpc) is 2.47. The normalized spacial score (nSPS) is 15.0. The predicted molar refractivity (Wildman–Crippen MR) is 76.8 cm³/mol. The highest BCUT2D eigenvalue weighted by molar-refractivity contribution is 5.90. The van der Waals surface area contributed by atoms with E-state index in [2.05, 4.69) is 4.98 Å². The molecule has 0 unspecified atom stereocenters. The third-order valence-corrected chi connectivity index (χ3v) is 3.41. The molecule has 0 radical (unpaired) electrons. The van der Waals surface area contributed by atoms with Crippen LogP contribution in [0.1, 0.15) is 24.2 Å². The SMILES string of the molecule is CCOc1nc(N2CCN(C(C)=O)CC2)ccc1C(=O)O. The molecule has 1 aliphatic heterocycles. The first-order chi connectivity index (χ1) is 10.0. The first kappa shape index (κ1) is 15.1. The number of nitrogens with zero attached hydrogens (tertiary/aromatic N) is 3. The molecule has 0 spiro atoms. The molecule has 0 bridgehead atoms. The number of carbonyl (C=O) groups excluding carboxylic acids is 1. The Hall–Kier alpha value is -2.31. The van der Waals surface area contributed by atoms with Crippen LogP contribution in [0.25, 0.3) is 0 Å². The standard InChI is InChI=1S/C14H19N3O4/c1-3-21-13-11(14(19)20)4-5-12(15-13)17-8-6-16(7-9-17)10(2)18/h4-5H,3,6-9H2,1-2H3,(H,19,20). The molecule has 1 aromatic rings. The molecule has 0 atom stereocenters. The first-order valence-electron chi connectivity index (χ1n) is 6.90. The van der Waals surface area contributed by atoms with E-state index < -0.39 is 5.97 Å². The van der Waals surface area contributed by atoms with E-state index in [-0.39, 0.29) is 17.4 Å². The quantitative estimate of drug-likeness (QED) is 0.886. The van der Waals surface area contributed by atoms with Gasteiger partial charge in [-0.05, 0) is 19.1 Å². The fraction of sp³-hybridized carbons (Fsp3) is 0.500. The number of piperazine rings is 1. The van der Waals surface area contributed by atoms with Crippen LogP contribution in [0.4, 0.5) is 5.82 Å². The molecule has 7 heteroatoms. The van der Waals surface area contributed by atoms with Gasteiger partial charge in [0.25, 0.3) is 0 Å². The van der Waals surface area contributed by atoms with Gasteiger partial charge in [0.1, 0.15) is 11.4 Å². The summed E-state index contributed by atoms with van der Waals surface area (Å²) in [5, 5.41) is 9.11. The van der Waals surface area contributed by atoms with Gasteiger partial charge in [0.2, 0.25) is 11.8 Å². The molecule has 7 nitrogen and oxygen atoms in total. The van der Waals surface area contributed by atoms with Crippen molar-refractivity contribution in [3.63, 3.8) is 0 Å². The number of aromatic carboxylic acids is 1. The topological polar surface area (TPSA) is 83.0 Å². The lowest BCUT2D eigenvalue weighted by atomic mass is 10.2. The molecular formula is C14H19N3O4. The Balaban J connectivity index is 2.16. The molecule has 0 aromatic carbocycles. The summed E-state index contributed by atoms with van der Waals surface area (Å²) in [6.45, 7) is 6.32. The van der Waals surface area contributed by atoms with E-state index in [1.54, 1.807) is 24.8 Å². The minimum atomic E-state index is -1.06. The van der Waals surface area contributed by atoms with Crippen molar-refractivity contribution in [2.45, 2.75) is 13.8 Å². The number of hydrogen-bond acceptors (Lipinski definition) is 5. The van der Waals surface area contributed by atoms with Crippen molar-refractivity contribution in [3.8, 4) is 5.88 Å². The van der Waals surface area contributed by atoms with Crippen LogP contribution in [-0.2, 0) is 4.79 Å². The van der Waals surface area contributed by atoms with E-state index in [1.807, 2.05) is 4.90 Å². The van der Waals surface area contributed by atoms with Gasteiger partial charge in [0, 0.05) is 33.1 Å². The van der Waals surface area contributed by atoms with E-state index in [4.69, 9.17) is 9.84 Å². The van der Waals surface area contributed by atoms with E-state index in [0.29, 0.717) is 38.6 Å². The zero-order valence-corrected chi connectivity index (χ0v) is 12.2. The monoisotopic (exact) mass is 293 g/mol. The number of carbonyl (C=O) groups is 2. The zero-order valence-electron chi connectivity index (χ0n) is 12.2. The Labute approximate surface area is 123 Å². The van der Waals surface area contributed by atoms with E-state index in [1.165, 1.54) is 6.07 Å². The Morgan fingerprint density at radius 1 is 1.29 bits per heavy atom. The van der Waals surface area contributed by atoms with E-state index in [0.717, 1.165) is 0 Å². The number of pyridine rings is 1. The zero-order chi connectivity index (χ0) is 15.4. The Kier molecular flexibility index (Phi) is 4.62. The summed E-state index contributed by atoms with van der Waals surface area (Å²) >= 11 is 0. The average molecular weight is 293 g/mol. The van der Waals surface area contributed by atoms with Crippen molar-refractivity contribution in [3.05, 3.63) is 17.7 Å². The fourth-order valence-corrected chi connectivity index (χ4v) is 2.27. The van der Waals surface area contributed by atoms with Crippen molar-refractivity contribution >= 4 is 17.7 Å². The van der Waals surface area contributed by atoms with E-state index in [9.17, 15) is 9.59 Å². The highest BCUT2D eigenvalue weighted by atomic mass is 16.5. The van der Waals surface area contributed by atoms with Gasteiger partial charge >= 0.3 is 5.97 Å². The Morgan fingerprint density at radius 2 is 1.95 bits per heavy atom. The van der Waals surface area contributed by atoms with Crippen molar-refractivity contribution in [2.75, 3.05) is 37.7 Å². The second-order valence-electron chi connectivity index (χ2n) is 4.75. The Morgan fingerprint density at radius 3 is 2.48 bits per heavy atom. The number of ether oxygens (including phenoxy) is 1. The highest BCUT2D eigenvalue weighted by Gasteiger charge is 2.21. The van der Waals surface area contributed by atoms with Gasteiger partial charge in [-0.25, -0.2) is 4.79 Å². The summed E-state index contributed by atoms with van der Waals surface area (Å²) in [7, 11) is 0. The van der Waals surface area contributed by atoms with Gasteiger partial charge in [0.15, 0.2) is 0 Å². The van der Waals surface area contributed by atoms with Gasteiger partial charge in [-0.2, -0.15) is 4.98 Å². The number of aromatic nitrogens is 1. The van der Waals surface area contributed by atoms with Gasteiger partial charge < -0.3 is 19.6 Å². The summed E-state index contributed by atoms with van der Waals surface area (Å²) in [6, 6.07) is 3.18. The van der Waals surface area contributed by atoms with Crippen LogP contribution in [0, 0.1) is 0 Å². The molecule has 21 heavy (non-hydrogen) atoms. The third-order valence-electron chi connectivity index (χ3n) is 3.41. The van der Waals surface area contributed by atoms with E-state index >= 15 is 0 Å². The summed E-state index contributed by atoms with van der Waals surface area (Å²) in [5.74, 6) is -0.180. The maximum Gasteiger partial charge on any atom is 0.341 e. The van der Waals surface area contributed by atoms with Gasteiger partial charge in [-0.15, -0.1) is 0 Å². The molecule has 0 aliphatic carbocycles. The number of amides is 1. The first-order valence-corrected chi connectivity index (χ1v) is 6.90. The van der Waals surface area contributed by atoms with Crippen LogP contribution in [0.15, 0.2) is 12.1 Å². The largest absolute Gasteiger partial charge is 0.477 e. The van der Waals surface area contributed by atoms with Crippen LogP contribution in [-0.4, -0.2) is 59.7 Å². The number of carboxylic acids is 1. The molecule has 2 rings (SSSR count). The minimum Gasteiger partial charge on any atom is -0.477 e. The molecule has 1 fully saturated rings. The van der Waals surface area contributed by atoms with Gasteiger partial charge in [0.05, 0.1) is 6.61 Å². The maximum absolute atomic E-state index is 11.3. The summed E-state index contributed by atoms with van der Waals surface area (Å²) in [5.41, 5.74) is 0.0583. The molecule has 1 aromatic heterocycles. The van der Waals surface area contributed by atoms with Crippen LogP contribution in [0.2, 0.25) is 0 Å². The van der Waals surface area contributed by atoms with Crippen molar-refractivity contribution < 1.29 is 19.4 Å². The number of anilines is 1. The number of hydrogen-bond donors (Lipinski definition) is 1. The molecule has 1 amide bonds. The van der Waals surface area contributed by atoms with Crippen molar-refractivity contribution in [2.24, 2.45) is 0 Å². The molecule has 1 aliphatic rings. The second-order valence-corrected chi connectivity index (χ2v) is 4.75. The molecular weight excluding hydrogens is 274 g/mol.